The molecule has 1 saturated carbocycles. The molecule has 0 bridgehead atoms. The Morgan fingerprint density at radius 2 is 2.11 bits per heavy atom. The number of halogens is 1. The van der Waals surface area contributed by atoms with Gasteiger partial charge in [0.15, 0.2) is 0 Å². The van der Waals surface area contributed by atoms with Crippen LogP contribution >= 0.6 is 11.5 Å². The van der Waals surface area contributed by atoms with Crippen molar-refractivity contribution in [3.63, 3.8) is 0 Å². The highest BCUT2D eigenvalue weighted by Crippen LogP contribution is 2.39. The SMILES string of the molecule is O=c1[nH]sc2c1c(=O)c1cc(F)ccc1n2C1CC1. The summed E-state index contributed by atoms with van der Waals surface area (Å²) < 4.78 is 18.0. The van der Waals surface area contributed by atoms with E-state index < -0.39 is 5.82 Å². The van der Waals surface area contributed by atoms with Crippen LogP contribution in [0.25, 0.3) is 21.1 Å². The van der Waals surface area contributed by atoms with Crippen LogP contribution in [0.5, 0.6) is 0 Å². The van der Waals surface area contributed by atoms with Gasteiger partial charge >= 0.3 is 0 Å². The number of H-pyrrole nitrogens is 1. The van der Waals surface area contributed by atoms with E-state index in [9.17, 15) is 14.0 Å². The maximum absolute atomic E-state index is 13.4. The van der Waals surface area contributed by atoms with Gasteiger partial charge in [0.2, 0.25) is 5.43 Å². The standard InChI is InChI=1S/C13H9FN2O2S/c14-6-1-4-9-8(5-6)11(17)10-12(18)15-19-13(10)16(9)7-2-3-7/h1,4-5,7H,2-3H2,(H,15,18). The fourth-order valence-electron chi connectivity index (χ4n) is 2.50. The second kappa shape index (κ2) is 3.54. The summed E-state index contributed by atoms with van der Waals surface area (Å²) in [5.74, 6) is -0.460. The van der Waals surface area contributed by atoms with Gasteiger partial charge in [0.05, 0.1) is 5.52 Å². The minimum Gasteiger partial charge on any atom is -0.328 e. The molecule has 96 valence electrons. The van der Waals surface area contributed by atoms with Crippen LogP contribution in [0, 0.1) is 5.82 Å². The number of aromatic amines is 1. The molecule has 4 rings (SSSR count). The molecule has 1 aliphatic rings. The first-order chi connectivity index (χ1) is 9.16. The number of nitrogens with zero attached hydrogens (tertiary/aromatic N) is 1. The lowest BCUT2D eigenvalue weighted by molar-refractivity contribution is 0.629. The minimum atomic E-state index is -0.460. The van der Waals surface area contributed by atoms with Crippen molar-refractivity contribution in [2.75, 3.05) is 0 Å². The number of pyridine rings is 1. The zero-order valence-electron chi connectivity index (χ0n) is 9.77. The number of fused-ring (bicyclic) bond motifs is 2. The Hall–Kier alpha value is -1.95. The molecule has 6 heteroatoms. The fraction of sp³-hybridized carbons (Fsp3) is 0.231. The molecule has 1 aromatic carbocycles. The van der Waals surface area contributed by atoms with Gasteiger partial charge in [-0.25, -0.2) is 4.39 Å². The van der Waals surface area contributed by atoms with Gasteiger partial charge in [0.1, 0.15) is 16.0 Å². The third-order valence-electron chi connectivity index (χ3n) is 3.50. The molecule has 0 aliphatic heterocycles. The quantitative estimate of drug-likeness (QED) is 0.742. The summed E-state index contributed by atoms with van der Waals surface area (Å²) in [7, 11) is 0. The molecule has 4 nitrogen and oxygen atoms in total. The second-order valence-electron chi connectivity index (χ2n) is 4.81. The molecule has 1 fully saturated rings. The van der Waals surface area contributed by atoms with Crippen molar-refractivity contribution in [3.05, 3.63) is 44.6 Å². The Morgan fingerprint density at radius 3 is 2.84 bits per heavy atom. The van der Waals surface area contributed by atoms with Crippen LogP contribution in [0.15, 0.2) is 27.8 Å². The highest BCUT2D eigenvalue weighted by atomic mass is 32.1. The molecule has 1 N–H and O–H groups in total. The topological polar surface area (TPSA) is 54.9 Å². The van der Waals surface area contributed by atoms with Gasteiger partial charge in [-0.05, 0) is 42.6 Å². The molecule has 19 heavy (non-hydrogen) atoms. The van der Waals surface area contributed by atoms with Crippen molar-refractivity contribution in [2.45, 2.75) is 18.9 Å². The average Bonchev–Trinajstić information content (AvgIpc) is 3.14. The zero-order chi connectivity index (χ0) is 13.1. The smallest absolute Gasteiger partial charge is 0.271 e. The molecule has 1 aliphatic carbocycles. The second-order valence-corrected chi connectivity index (χ2v) is 5.60. The Bertz CT molecular complexity index is 933. The van der Waals surface area contributed by atoms with E-state index in [4.69, 9.17) is 0 Å². The molecule has 2 heterocycles. The predicted octanol–water partition coefficient (Wildman–Crippen LogP) is 2.38. The van der Waals surface area contributed by atoms with E-state index >= 15 is 0 Å². The molecule has 3 aromatic rings. The molecule has 0 amide bonds. The largest absolute Gasteiger partial charge is 0.328 e. The van der Waals surface area contributed by atoms with E-state index in [1.165, 1.54) is 23.7 Å². The van der Waals surface area contributed by atoms with Crippen molar-refractivity contribution >= 4 is 32.7 Å². The van der Waals surface area contributed by atoms with Gasteiger partial charge in [-0.1, -0.05) is 0 Å². The number of hydrogen-bond donors (Lipinski definition) is 1. The Morgan fingerprint density at radius 1 is 1.32 bits per heavy atom. The highest BCUT2D eigenvalue weighted by molar-refractivity contribution is 7.12. The molecular weight excluding hydrogens is 267 g/mol. The monoisotopic (exact) mass is 276 g/mol. The van der Waals surface area contributed by atoms with Gasteiger partial charge in [-0.15, -0.1) is 0 Å². The summed E-state index contributed by atoms with van der Waals surface area (Å²) in [5, 5.41) is 0.429. The van der Waals surface area contributed by atoms with Crippen LogP contribution in [-0.2, 0) is 0 Å². The lowest BCUT2D eigenvalue weighted by Gasteiger charge is -2.10. The fourth-order valence-corrected chi connectivity index (χ4v) is 3.43. The maximum Gasteiger partial charge on any atom is 0.271 e. The molecule has 0 spiro atoms. The minimum absolute atomic E-state index is 0.148. The van der Waals surface area contributed by atoms with E-state index in [0.29, 0.717) is 16.4 Å². The van der Waals surface area contributed by atoms with Crippen molar-refractivity contribution in [3.8, 4) is 0 Å². The highest BCUT2D eigenvalue weighted by Gasteiger charge is 2.28. The molecule has 2 aromatic heterocycles. The van der Waals surface area contributed by atoms with Gasteiger partial charge in [0.25, 0.3) is 5.56 Å². The Kier molecular flexibility index (Phi) is 2.04. The van der Waals surface area contributed by atoms with Crippen molar-refractivity contribution in [1.82, 2.24) is 8.94 Å². The molecule has 0 radical (unpaired) electrons. The number of aromatic nitrogens is 2. The van der Waals surface area contributed by atoms with Gasteiger partial charge in [-0.3, -0.25) is 14.0 Å². The van der Waals surface area contributed by atoms with Gasteiger partial charge in [0, 0.05) is 11.4 Å². The number of benzene rings is 1. The first-order valence-electron chi connectivity index (χ1n) is 6.02. The lowest BCUT2D eigenvalue weighted by Crippen LogP contribution is -2.15. The van der Waals surface area contributed by atoms with E-state index in [2.05, 4.69) is 4.37 Å². The normalized spacial score (nSPS) is 15.4. The molecule has 0 atom stereocenters. The number of hydrogen-bond acceptors (Lipinski definition) is 3. The van der Waals surface area contributed by atoms with E-state index in [-0.39, 0.29) is 21.8 Å². The summed E-state index contributed by atoms with van der Waals surface area (Å²) in [6, 6.07) is 4.49. The summed E-state index contributed by atoms with van der Waals surface area (Å²) in [5.41, 5.74) is -0.0638. The third kappa shape index (κ3) is 1.43. The van der Waals surface area contributed by atoms with Crippen LogP contribution < -0.4 is 11.0 Å². The van der Waals surface area contributed by atoms with Crippen LogP contribution in [0.3, 0.4) is 0 Å². The average molecular weight is 276 g/mol. The third-order valence-corrected chi connectivity index (χ3v) is 4.38. The Labute approximate surface area is 110 Å². The van der Waals surface area contributed by atoms with Gasteiger partial charge < -0.3 is 4.57 Å². The van der Waals surface area contributed by atoms with Crippen LogP contribution in [0.1, 0.15) is 18.9 Å². The lowest BCUT2D eigenvalue weighted by atomic mass is 10.1. The van der Waals surface area contributed by atoms with E-state index in [1.54, 1.807) is 6.07 Å². The van der Waals surface area contributed by atoms with Crippen LogP contribution in [0.2, 0.25) is 0 Å². The van der Waals surface area contributed by atoms with Crippen molar-refractivity contribution < 1.29 is 4.39 Å². The zero-order valence-corrected chi connectivity index (χ0v) is 10.6. The van der Waals surface area contributed by atoms with Gasteiger partial charge in [-0.2, -0.15) is 0 Å². The first kappa shape index (κ1) is 10.9. The summed E-state index contributed by atoms with van der Waals surface area (Å²) in [4.78, 5) is 24.8. The summed E-state index contributed by atoms with van der Waals surface area (Å²) in [6.07, 6.45) is 2.05. The molecule has 0 saturated heterocycles. The van der Waals surface area contributed by atoms with Crippen LogP contribution in [0.4, 0.5) is 4.39 Å². The number of rotatable bonds is 1. The molecule has 0 unspecified atom stereocenters. The first-order valence-corrected chi connectivity index (χ1v) is 6.83. The van der Waals surface area contributed by atoms with Crippen molar-refractivity contribution in [1.29, 1.82) is 0 Å². The van der Waals surface area contributed by atoms with Crippen molar-refractivity contribution in [2.24, 2.45) is 0 Å². The number of nitrogens with one attached hydrogen (secondary N) is 1. The van der Waals surface area contributed by atoms with E-state index in [1.807, 2.05) is 4.57 Å². The summed E-state index contributed by atoms with van der Waals surface area (Å²) in [6.45, 7) is 0. The predicted molar refractivity (Wildman–Crippen MR) is 72.4 cm³/mol. The molecular formula is C13H9FN2O2S. The van der Waals surface area contributed by atoms with Crippen LogP contribution in [-0.4, -0.2) is 8.94 Å². The van der Waals surface area contributed by atoms with E-state index in [0.717, 1.165) is 12.8 Å². The Balaban J connectivity index is 2.35. The summed E-state index contributed by atoms with van der Waals surface area (Å²) >= 11 is 1.17. The maximum atomic E-state index is 13.4.